The van der Waals surface area contributed by atoms with Crippen LogP contribution in [-0.4, -0.2) is 35.1 Å². The number of rotatable bonds is 2. The van der Waals surface area contributed by atoms with E-state index in [0.29, 0.717) is 6.20 Å². The predicted molar refractivity (Wildman–Crippen MR) is 67.3 cm³/mol. The fourth-order valence-electron chi connectivity index (χ4n) is 2.42. The third-order valence-electron chi connectivity index (χ3n) is 3.63. The fraction of sp³-hybridized carbons (Fsp3) is 0.538. The lowest BCUT2D eigenvalue weighted by atomic mass is 10.0. The van der Waals surface area contributed by atoms with Crippen LogP contribution in [0.2, 0.25) is 0 Å². The highest BCUT2D eigenvalue weighted by Gasteiger charge is 2.38. The Kier molecular flexibility index (Phi) is 4.01. The van der Waals surface area contributed by atoms with Gasteiger partial charge in [0.1, 0.15) is 11.4 Å². The van der Waals surface area contributed by atoms with E-state index >= 15 is 0 Å². The monoisotopic (exact) mass is 324 g/mol. The number of hydrogen-bond acceptors (Lipinski definition) is 3. The second kappa shape index (κ2) is 5.36. The summed E-state index contributed by atoms with van der Waals surface area (Å²) in [5.41, 5.74) is -2.21. The van der Waals surface area contributed by atoms with Crippen LogP contribution in [0, 0.1) is 6.92 Å². The number of carbonyl (C=O) groups is 1. The second-order valence-corrected chi connectivity index (χ2v) is 5.14. The minimum atomic E-state index is -4.73. The highest BCUT2D eigenvalue weighted by atomic mass is 19.4. The summed E-state index contributed by atoms with van der Waals surface area (Å²) in [5, 5.41) is 9.19. The van der Waals surface area contributed by atoms with Crippen LogP contribution in [0.3, 0.4) is 0 Å². The number of pyridine rings is 1. The molecule has 0 aliphatic carbocycles. The molecule has 1 N–H and O–H groups in total. The highest BCUT2D eigenvalue weighted by molar-refractivity contribution is 5.95. The van der Waals surface area contributed by atoms with Crippen molar-refractivity contribution >= 4 is 11.8 Å². The van der Waals surface area contributed by atoms with Crippen LogP contribution in [0.15, 0.2) is 6.20 Å². The molecule has 22 heavy (non-hydrogen) atoms. The van der Waals surface area contributed by atoms with Crippen molar-refractivity contribution in [1.82, 2.24) is 4.98 Å². The number of alkyl halides is 5. The van der Waals surface area contributed by atoms with Crippen molar-refractivity contribution in [1.29, 1.82) is 0 Å². The molecule has 9 heteroatoms. The Hall–Kier alpha value is -1.93. The van der Waals surface area contributed by atoms with Gasteiger partial charge in [-0.15, -0.1) is 0 Å². The summed E-state index contributed by atoms with van der Waals surface area (Å²) >= 11 is 0. The van der Waals surface area contributed by atoms with Gasteiger partial charge in [-0.1, -0.05) is 0 Å². The van der Waals surface area contributed by atoms with E-state index in [1.807, 2.05) is 0 Å². The summed E-state index contributed by atoms with van der Waals surface area (Å²) in [6.45, 7) is 0.714. The Morgan fingerprint density at radius 3 is 2.32 bits per heavy atom. The van der Waals surface area contributed by atoms with Crippen LogP contribution in [0.25, 0.3) is 0 Å². The number of anilines is 1. The number of nitrogens with zero attached hydrogens (tertiary/aromatic N) is 2. The first-order valence-corrected chi connectivity index (χ1v) is 6.46. The van der Waals surface area contributed by atoms with E-state index in [-0.39, 0.29) is 18.9 Å². The van der Waals surface area contributed by atoms with Crippen molar-refractivity contribution in [2.24, 2.45) is 0 Å². The predicted octanol–water partition coefficient (Wildman–Crippen LogP) is 3.34. The first-order valence-electron chi connectivity index (χ1n) is 6.46. The second-order valence-electron chi connectivity index (χ2n) is 5.14. The van der Waals surface area contributed by atoms with Gasteiger partial charge in [-0.3, -0.25) is 0 Å². The van der Waals surface area contributed by atoms with Gasteiger partial charge in [-0.25, -0.2) is 18.6 Å². The first-order chi connectivity index (χ1) is 10.0. The van der Waals surface area contributed by atoms with E-state index in [4.69, 9.17) is 0 Å². The highest BCUT2D eigenvalue weighted by Crippen LogP contribution is 2.37. The van der Waals surface area contributed by atoms with E-state index in [1.165, 1.54) is 4.90 Å². The van der Waals surface area contributed by atoms with Gasteiger partial charge in [0, 0.05) is 32.1 Å². The largest absolute Gasteiger partial charge is 0.478 e. The van der Waals surface area contributed by atoms with E-state index in [2.05, 4.69) is 4.98 Å². The Labute approximate surface area is 122 Å². The maximum atomic E-state index is 13.1. The van der Waals surface area contributed by atoms with Gasteiger partial charge in [-0.05, 0) is 12.5 Å². The number of aromatic carboxylic acids is 1. The quantitative estimate of drug-likeness (QED) is 0.848. The van der Waals surface area contributed by atoms with Crippen LogP contribution in [0.4, 0.5) is 27.8 Å². The van der Waals surface area contributed by atoms with Crippen LogP contribution >= 0.6 is 0 Å². The van der Waals surface area contributed by atoms with E-state index in [0.717, 1.165) is 6.92 Å². The van der Waals surface area contributed by atoms with Crippen LogP contribution in [0.5, 0.6) is 0 Å². The van der Waals surface area contributed by atoms with Gasteiger partial charge in [0.25, 0.3) is 5.92 Å². The molecule has 1 aliphatic heterocycles. The molecule has 0 bridgehead atoms. The van der Waals surface area contributed by atoms with Gasteiger partial charge in [0.05, 0.1) is 5.56 Å². The van der Waals surface area contributed by atoms with Gasteiger partial charge in [0.2, 0.25) is 0 Å². The molecule has 0 saturated carbocycles. The van der Waals surface area contributed by atoms with Crippen molar-refractivity contribution in [3.63, 3.8) is 0 Å². The van der Waals surface area contributed by atoms with E-state index < -0.39 is 47.6 Å². The molecule has 1 aromatic rings. The molecule has 2 rings (SSSR count). The number of halogens is 5. The maximum Gasteiger partial charge on any atom is 0.418 e. The summed E-state index contributed by atoms with van der Waals surface area (Å²) in [7, 11) is 0. The Bertz CT molecular complexity index is 591. The zero-order valence-corrected chi connectivity index (χ0v) is 11.5. The lowest BCUT2D eigenvalue weighted by molar-refractivity contribution is -0.138. The van der Waals surface area contributed by atoms with Crippen LogP contribution in [-0.2, 0) is 6.18 Å². The lowest BCUT2D eigenvalue weighted by Gasteiger charge is -2.33. The molecule has 2 heterocycles. The third kappa shape index (κ3) is 3.12. The van der Waals surface area contributed by atoms with E-state index in [9.17, 15) is 31.9 Å². The van der Waals surface area contributed by atoms with E-state index in [1.54, 1.807) is 0 Å². The molecule has 1 aliphatic rings. The molecule has 1 aromatic heterocycles. The summed E-state index contributed by atoms with van der Waals surface area (Å²) in [4.78, 5) is 16.2. The average Bonchev–Trinajstić information content (AvgIpc) is 2.36. The average molecular weight is 324 g/mol. The summed E-state index contributed by atoms with van der Waals surface area (Å²) < 4.78 is 64.7. The molecule has 0 spiro atoms. The summed E-state index contributed by atoms with van der Waals surface area (Å²) in [5.74, 6) is -4.61. The molecular weight excluding hydrogens is 311 g/mol. The number of aromatic nitrogens is 1. The van der Waals surface area contributed by atoms with Gasteiger partial charge < -0.3 is 10.0 Å². The number of piperidine rings is 1. The van der Waals surface area contributed by atoms with Crippen LogP contribution in [0.1, 0.15) is 34.3 Å². The van der Waals surface area contributed by atoms with Crippen molar-refractivity contribution in [3.05, 3.63) is 22.9 Å². The molecule has 4 nitrogen and oxygen atoms in total. The molecule has 0 atom stereocenters. The summed E-state index contributed by atoms with van der Waals surface area (Å²) in [6.07, 6.45) is -5.17. The minimum Gasteiger partial charge on any atom is -0.478 e. The molecular formula is C13H13F5N2O2. The standard InChI is InChI=1S/C13H13F5N2O2/c1-7-8(13(16,17)18)6-19-10(9(7)11(21)22)20-4-2-12(14,15)3-5-20/h6H,2-5H2,1H3,(H,21,22). The van der Waals surface area contributed by atoms with Gasteiger partial charge >= 0.3 is 12.1 Å². The zero-order chi connectivity index (χ0) is 16.7. The molecule has 0 radical (unpaired) electrons. The third-order valence-corrected chi connectivity index (χ3v) is 3.63. The first kappa shape index (κ1) is 16.4. The molecule has 1 saturated heterocycles. The van der Waals surface area contributed by atoms with Crippen molar-refractivity contribution < 1.29 is 31.9 Å². The molecule has 1 fully saturated rings. The normalized spacial score (nSPS) is 18.4. The topological polar surface area (TPSA) is 53.4 Å². The Morgan fingerprint density at radius 1 is 1.32 bits per heavy atom. The van der Waals surface area contributed by atoms with Crippen LogP contribution < -0.4 is 4.90 Å². The number of carboxylic acids is 1. The maximum absolute atomic E-state index is 13.1. The molecule has 0 unspecified atom stereocenters. The molecule has 0 aromatic carbocycles. The minimum absolute atomic E-state index is 0.162. The van der Waals surface area contributed by atoms with Gasteiger partial charge in [0.15, 0.2) is 0 Å². The SMILES string of the molecule is Cc1c(C(F)(F)F)cnc(N2CCC(F)(F)CC2)c1C(=O)O. The molecule has 0 amide bonds. The fourth-order valence-corrected chi connectivity index (χ4v) is 2.42. The Balaban J connectivity index is 2.45. The van der Waals surface area contributed by atoms with Crippen molar-refractivity contribution in [3.8, 4) is 0 Å². The van der Waals surface area contributed by atoms with Gasteiger partial charge in [-0.2, -0.15) is 13.2 Å². The smallest absolute Gasteiger partial charge is 0.418 e. The Morgan fingerprint density at radius 2 is 1.86 bits per heavy atom. The molecule has 122 valence electrons. The van der Waals surface area contributed by atoms with Crippen molar-refractivity contribution in [2.75, 3.05) is 18.0 Å². The number of hydrogen-bond donors (Lipinski definition) is 1. The number of carboxylic acid groups (broad SMARTS) is 1. The van der Waals surface area contributed by atoms with Crippen molar-refractivity contribution in [2.45, 2.75) is 31.9 Å². The zero-order valence-electron chi connectivity index (χ0n) is 11.5. The lowest BCUT2D eigenvalue weighted by Crippen LogP contribution is -2.40. The summed E-state index contributed by atoms with van der Waals surface area (Å²) in [6, 6.07) is 0.